The third-order valence-electron chi connectivity index (χ3n) is 2.96. The standard InChI is InChI=1S/C15H15BrFNO/c1-2-18(13-6-4-12(17)5-7-13)10-11-3-8-15(19)14(16)9-11/h3-9,19H,2,10H2,1H3. The number of aromatic hydroxyl groups is 1. The lowest BCUT2D eigenvalue weighted by Crippen LogP contribution is -2.21. The molecule has 2 nitrogen and oxygen atoms in total. The van der Waals surface area contributed by atoms with Crippen molar-refractivity contribution in [2.45, 2.75) is 13.5 Å². The molecular weight excluding hydrogens is 309 g/mol. The van der Waals surface area contributed by atoms with E-state index in [0.29, 0.717) is 11.0 Å². The molecule has 2 rings (SSSR count). The smallest absolute Gasteiger partial charge is 0.129 e. The Labute approximate surface area is 120 Å². The molecule has 1 N–H and O–H groups in total. The highest BCUT2D eigenvalue weighted by atomic mass is 79.9. The first kappa shape index (κ1) is 13.9. The van der Waals surface area contributed by atoms with Gasteiger partial charge in [0.15, 0.2) is 0 Å². The van der Waals surface area contributed by atoms with E-state index in [1.807, 2.05) is 12.1 Å². The predicted octanol–water partition coefficient (Wildman–Crippen LogP) is 4.32. The normalized spacial score (nSPS) is 10.5. The molecule has 0 bridgehead atoms. The maximum atomic E-state index is 12.9. The Balaban J connectivity index is 2.18. The summed E-state index contributed by atoms with van der Waals surface area (Å²) in [5, 5.41) is 9.48. The fraction of sp³-hybridized carbons (Fsp3) is 0.200. The van der Waals surface area contributed by atoms with Crippen molar-refractivity contribution in [2.24, 2.45) is 0 Å². The zero-order valence-corrected chi connectivity index (χ0v) is 12.2. The van der Waals surface area contributed by atoms with Crippen LogP contribution in [0.3, 0.4) is 0 Å². The van der Waals surface area contributed by atoms with Gasteiger partial charge in [-0.2, -0.15) is 0 Å². The number of nitrogens with zero attached hydrogens (tertiary/aromatic N) is 1. The van der Waals surface area contributed by atoms with Crippen LogP contribution in [0.5, 0.6) is 5.75 Å². The van der Waals surface area contributed by atoms with Crippen LogP contribution in [0, 0.1) is 5.82 Å². The number of phenolic OH excluding ortho intramolecular Hbond substituents is 1. The highest BCUT2D eigenvalue weighted by molar-refractivity contribution is 9.10. The molecule has 0 saturated carbocycles. The molecule has 2 aromatic carbocycles. The highest BCUT2D eigenvalue weighted by Crippen LogP contribution is 2.26. The Morgan fingerprint density at radius 2 is 1.84 bits per heavy atom. The monoisotopic (exact) mass is 323 g/mol. The topological polar surface area (TPSA) is 23.5 Å². The van der Waals surface area contributed by atoms with E-state index in [9.17, 15) is 9.50 Å². The van der Waals surface area contributed by atoms with E-state index in [-0.39, 0.29) is 11.6 Å². The van der Waals surface area contributed by atoms with Gasteiger partial charge in [-0.1, -0.05) is 6.07 Å². The summed E-state index contributed by atoms with van der Waals surface area (Å²) in [6.45, 7) is 3.59. The first-order valence-corrected chi connectivity index (χ1v) is 6.87. The highest BCUT2D eigenvalue weighted by Gasteiger charge is 2.07. The molecule has 0 aliphatic rings. The van der Waals surface area contributed by atoms with Crippen molar-refractivity contribution >= 4 is 21.6 Å². The fourth-order valence-electron chi connectivity index (χ4n) is 1.91. The van der Waals surface area contributed by atoms with Crippen LogP contribution in [-0.4, -0.2) is 11.7 Å². The molecule has 0 fully saturated rings. The number of rotatable bonds is 4. The molecule has 2 aromatic rings. The number of benzene rings is 2. The summed E-state index contributed by atoms with van der Waals surface area (Å²) in [6, 6.07) is 11.9. The minimum Gasteiger partial charge on any atom is -0.507 e. The summed E-state index contributed by atoms with van der Waals surface area (Å²) in [7, 11) is 0. The van der Waals surface area contributed by atoms with E-state index >= 15 is 0 Å². The Hall–Kier alpha value is -1.55. The van der Waals surface area contributed by atoms with Gasteiger partial charge in [0.05, 0.1) is 4.47 Å². The van der Waals surface area contributed by atoms with Crippen molar-refractivity contribution in [3.8, 4) is 5.75 Å². The lowest BCUT2D eigenvalue weighted by atomic mass is 10.2. The van der Waals surface area contributed by atoms with E-state index < -0.39 is 0 Å². The molecule has 0 unspecified atom stereocenters. The van der Waals surface area contributed by atoms with Gasteiger partial charge in [0, 0.05) is 18.8 Å². The fourth-order valence-corrected chi connectivity index (χ4v) is 2.33. The summed E-state index contributed by atoms with van der Waals surface area (Å²) in [5.41, 5.74) is 2.06. The summed E-state index contributed by atoms with van der Waals surface area (Å²) < 4.78 is 13.6. The molecule has 0 heterocycles. The van der Waals surface area contributed by atoms with Crippen molar-refractivity contribution in [3.63, 3.8) is 0 Å². The molecule has 0 aliphatic carbocycles. The van der Waals surface area contributed by atoms with Gasteiger partial charge in [-0.3, -0.25) is 0 Å². The van der Waals surface area contributed by atoms with Gasteiger partial charge in [0.25, 0.3) is 0 Å². The molecule has 0 radical (unpaired) electrons. The largest absolute Gasteiger partial charge is 0.507 e. The average Bonchev–Trinajstić information content (AvgIpc) is 2.41. The summed E-state index contributed by atoms with van der Waals surface area (Å²) in [6.07, 6.45) is 0. The van der Waals surface area contributed by atoms with Crippen LogP contribution < -0.4 is 4.90 Å². The van der Waals surface area contributed by atoms with E-state index in [1.165, 1.54) is 12.1 Å². The zero-order chi connectivity index (χ0) is 13.8. The first-order valence-electron chi connectivity index (χ1n) is 6.08. The summed E-state index contributed by atoms with van der Waals surface area (Å²) in [5.74, 6) is 0.000705. The maximum absolute atomic E-state index is 12.9. The quantitative estimate of drug-likeness (QED) is 0.905. The van der Waals surface area contributed by atoms with Crippen LogP contribution in [0.25, 0.3) is 0 Å². The molecule has 100 valence electrons. The van der Waals surface area contributed by atoms with Gasteiger partial charge in [-0.15, -0.1) is 0 Å². The number of halogens is 2. The lowest BCUT2D eigenvalue weighted by molar-refractivity contribution is 0.471. The van der Waals surface area contributed by atoms with Crippen LogP contribution in [0.1, 0.15) is 12.5 Å². The van der Waals surface area contributed by atoms with Crippen LogP contribution in [0.15, 0.2) is 46.9 Å². The molecule has 0 spiro atoms. The van der Waals surface area contributed by atoms with Crippen molar-refractivity contribution in [2.75, 3.05) is 11.4 Å². The van der Waals surface area contributed by atoms with Gasteiger partial charge in [0.2, 0.25) is 0 Å². The first-order chi connectivity index (χ1) is 9.10. The second-order valence-electron chi connectivity index (χ2n) is 4.28. The summed E-state index contributed by atoms with van der Waals surface area (Å²) >= 11 is 3.31. The second-order valence-corrected chi connectivity index (χ2v) is 5.13. The number of anilines is 1. The van der Waals surface area contributed by atoms with Crippen molar-refractivity contribution in [1.82, 2.24) is 0 Å². The van der Waals surface area contributed by atoms with Gasteiger partial charge in [-0.05, 0) is 64.8 Å². The third-order valence-corrected chi connectivity index (χ3v) is 3.59. The summed E-state index contributed by atoms with van der Waals surface area (Å²) in [4.78, 5) is 2.14. The molecule has 0 aromatic heterocycles. The molecule has 0 amide bonds. The van der Waals surface area contributed by atoms with Gasteiger partial charge < -0.3 is 10.0 Å². The maximum Gasteiger partial charge on any atom is 0.129 e. The molecule has 19 heavy (non-hydrogen) atoms. The van der Waals surface area contributed by atoms with Crippen LogP contribution in [-0.2, 0) is 6.54 Å². The molecule has 0 saturated heterocycles. The second kappa shape index (κ2) is 6.06. The van der Waals surface area contributed by atoms with Crippen molar-refractivity contribution in [1.29, 1.82) is 0 Å². The number of phenols is 1. The number of hydrogen-bond donors (Lipinski definition) is 1. The van der Waals surface area contributed by atoms with Crippen molar-refractivity contribution < 1.29 is 9.50 Å². The zero-order valence-electron chi connectivity index (χ0n) is 10.6. The molecule has 0 aliphatic heterocycles. The minimum atomic E-state index is -0.229. The molecular formula is C15H15BrFNO. The molecule has 0 atom stereocenters. The molecule has 4 heteroatoms. The average molecular weight is 324 g/mol. The Kier molecular flexibility index (Phi) is 4.43. The predicted molar refractivity (Wildman–Crippen MR) is 78.9 cm³/mol. The van der Waals surface area contributed by atoms with Crippen LogP contribution in [0.2, 0.25) is 0 Å². The van der Waals surface area contributed by atoms with E-state index in [1.54, 1.807) is 18.2 Å². The lowest BCUT2D eigenvalue weighted by Gasteiger charge is -2.23. The van der Waals surface area contributed by atoms with Gasteiger partial charge >= 0.3 is 0 Å². The number of hydrogen-bond acceptors (Lipinski definition) is 2. The van der Waals surface area contributed by atoms with E-state index in [0.717, 1.165) is 17.8 Å². The third kappa shape index (κ3) is 3.47. The Morgan fingerprint density at radius 1 is 1.16 bits per heavy atom. The van der Waals surface area contributed by atoms with Crippen LogP contribution in [0.4, 0.5) is 10.1 Å². The Bertz CT molecular complexity index is 557. The Morgan fingerprint density at radius 3 is 2.42 bits per heavy atom. The van der Waals surface area contributed by atoms with E-state index in [2.05, 4.69) is 27.8 Å². The van der Waals surface area contributed by atoms with Crippen LogP contribution >= 0.6 is 15.9 Å². The minimum absolute atomic E-state index is 0.229. The van der Waals surface area contributed by atoms with Gasteiger partial charge in [0.1, 0.15) is 11.6 Å². The SMILES string of the molecule is CCN(Cc1ccc(O)c(Br)c1)c1ccc(F)cc1. The van der Waals surface area contributed by atoms with Crippen molar-refractivity contribution in [3.05, 3.63) is 58.3 Å². The van der Waals surface area contributed by atoms with E-state index in [4.69, 9.17) is 0 Å². The van der Waals surface area contributed by atoms with Gasteiger partial charge in [-0.25, -0.2) is 4.39 Å².